The van der Waals surface area contributed by atoms with Crippen molar-refractivity contribution in [1.29, 1.82) is 0 Å². The number of hydrogen-bond donors (Lipinski definition) is 0. The third-order valence-electron chi connectivity index (χ3n) is 4.42. The first-order valence-electron chi connectivity index (χ1n) is 8.73. The molecule has 0 fully saturated rings. The summed E-state index contributed by atoms with van der Waals surface area (Å²) in [5.74, 6) is 2.71. The van der Waals surface area contributed by atoms with Gasteiger partial charge in [0.2, 0.25) is 0 Å². The molecule has 0 spiro atoms. The number of pyridine rings is 1. The average molecular weight is 430 g/mol. The van der Waals surface area contributed by atoms with Crippen LogP contribution in [0.3, 0.4) is 0 Å². The lowest BCUT2D eigenvalue weighted by Crippen LogP contribution is -2.07. The predicted octanol–water partition coefficient (Wildman–Crippen LogP) is 5.32. The van der Waals surface area contributed by atoms with Gasteiger partial charge in [-0.3, -0.25) is 9.55 Å². The number of imidazole rings is 1. The fourth-order valence-electron chi connectivity index (χ4n) is 3.07. The summed E-state index contributed by atoms with van der Waals surface area (Å²) < 4.78 is 18.5. The molecule has 8 heteroatoms. The van der Waals surface area contributed by atoms with Gasteiger partial charge in [-0.15, -0.1) is 0 Å². The fraction of sp³-hybridized carbons (Fsp3) is 0.143. The maximum Gasteiger partial charge on any atom is 0.152 e. The quantitative estimate of drug-likeness (QED) is 0.414. The Morgan fingerprint density at radius 2 is 1.59 bits per heavy atom. The van der Waals surface area contributed by atoms with Gasteiger partial charge in [0.15, 0.2) is 5.82 Å². The fourth-order valence-corrected chi connectivity index (χ4v) is 3.60. The SMILES string of the molecule is COc1ccc(OCc2nc3c(OC)cccc3n2-c2c(Cl)cncc2Cl)cc1. The average Bonchev–Trinajstić information content (AvgIpc) is 3.11. The van der Waals surface area contributed by atoms with Gasteiger partial charge >= 0.3 is 0 Å². The number of benzene rings is 2. The van der Waals surface area contributed by atoms with Crippen LogP contribution in [0.5, 0.6) is 17.2 Å². The number of rotatable bonds is 6. The molecule has 0 saturated carbocycles. The molecule has 0 amide bonds. The minimum atomic E-state index is 0.194. The summed E-state index contributed by atoms with van der Waals surface area (Å²) in [7, 11) is 3.22. The van der Waals surface area contributed by atoms with Crippen LogP contribution in [0.4, 0.5) is 0 Å². The molecule has 148 valence electrons. The third-order valence-corrected chi connectivity index (χ3v) is 4.97. The number of nitrogens with zero attached hydrogens (tertiary/aromatic N) is 3. The van der Waals surface area contributed by atoms with Crippen LogP contribution in [-0.2, 0) is 6.61 Å². The highest BCUT2D eigenvalue weighted by molar-refractivity contribution is 6.37. The summed E-state index contributed by atoms with van der Waals surface area (Å²) in [6.45, 7) is 0.194. The summed E-state index contributed by atoms with van der Waals surface area (Å²) in [6, 6.07) is 13.0. The van der Waals surface area contributed by atoms with Gasteiger partial charge in [0, 0.05) is 12.4 Å². The Morgan fingerprint density at radius 3 is 2.24 bits per heavy atom. The van der Waals surface area contributed by atoms with E-state index < -0.39 is 0 Å². The molecule has 29 heavy (non-hydrogen) atoms. The van der Waals surface area contributed by atoms with Gasteiger partial charge in [-0.05, 0) is 36.4 Å². The molecule has 2 heterocycles. The number of aromatic nitrogens is 3. The molecule has 4 rings (SSSR count). The molecule has 0 aliphatic heterocycles. The zero-order valence-electron chi connectivity index (χ0n) is 15.7. The van der Waals surface area contributed by atoms with Crippen LogP contribution in [0.25, 0.3) is 16.7 Å². The van der Waals surface area contributed by atoms with Crippen LogP contribution in [0.1, 0.15) is 5.82 Å². The van der Waals surface area contributed by atoms with E-state index >= 15 is 0 Å². The molecule has 0 bridgehead atoms. The van der Waals surface area contributed by atoms with Crippen LogP contribution in [-0.4, -0.2) is 28.8 Å². The second-order valence-corrected chi connectivity index (χ2v) is 6.92. The van der Waals surface area contributed by atoms with Crippen molar-refractivity contribution >= 4 is 34.2 Å². The zero-order chi connectivity index (χ0) is 20.4. The highest BCUT2D eigenvalue weighted by Crippen LogP contribution is 2.34. The van der Waals surface area contributed by atoms with E-state index in [-0.39, 0.29) is 6.61 Å². The third kappa shape index (κ3) is 3.69. The van der Waals surface area contributed by atoms with E-state index in [1.807, 2.05) is 47.0 Å². The van der Waals surface area contributed by atoms with E-state index in [4.69, 9.17) is 42.4 Å². The molecule has 2 aromatic carbocycles. The van der Waals surface area contributed by atoms with Crippen LogP contribution < -0.4 is 14.2 Å². The van der Waals surface area contributed by atoms with Crippen molar-refractivity contribution in [3.63, 3.8) is 0 Å². The zero-order valence-corrected chi connectivity index (χ0v) is 17.2. The van der Waals surface area contributed by atoms with Gasteiger partial charge in [-0.1, -0.05) is 29.3 Å². The molecular formula is C21H17Cl2N3O3. The van der Waals surface area contributed by atoms with Gasteiger partial charge < -0.3 is 14.2 Å². The van der Waals surface area contributed by atoms with Crippen molar-refractivity contribution in [2.75, 3.05) is 14.2 Å². The van der Waals surface area contributed by atoms with Gasteiger partial charge in [0.05, 0.1) is 35.5 Å². The number of fused-ring (bicyclic) bond motifs is 1. The molecule has 0 atom stereocenters. The van der Waals surface area contributed by atoms with Gasteiger partial charge in [-0.25, -0.2) is 4.98 Å². The Labute approximate surface area is 177 Å². The van der Waals surface area contributed by atoms with Crippen LogP contribution in [0, 0.1) is 0 Å². The Morgan fingerprint density at radius 1 is 0.897 bits per heavy atom. The Balaban J connectivity index is 1.81. The Kier molecular flexibility index (Phi) is 5.47. The van der Waals surface area contributed by atoms with Gasteiger partial charge in [0.1, 0.15) is 29.4 Å². The second-order valence-electron chi connectivity index (χ2n) is 6.11. The highest BCUT2D eigenvalue weighted by atomic mass is 35.5. The van der Waals surface area contributed by atoms with E-state index in [1.54, 1.807) is 26.6 Å². The second kappa shape index (κ2) is 8.19. The maximum absolute atomic E-state index is 6.44. The van der Waals surface area contributed by atoms with Crippen molar-refractivity contribution < 1.29 is 14.2 Å². The van der Waals surface area contributed by atoms with Crippen LogP contribution in [0.15, 0.2) is 54.9 Å². The maximum atomic E-state index is 6.44. The molecule has 4 aromatic rings. The number of halogens is 2. The lowest BCUT2D eigenvalue weighted by Gasteiger charge is -2.13. The Hall–Kier alpha value is -2.96. The smallest absolute Gasteiger partial charge is 0.152 e. The minimum absolute atomic E-state index is 0.194. The number of hydrogen-bond acceptors (Lipinski definition) is 5. The monoisotopic (exact) mass is 429 g/mol. The first-order chi connectivity index (χ1) is 14.1. The molecule has 6 nitrogen and oxygen atoms in total. The molecule has 0 saturated heterocycles. The Bertz CT molecular complexity index is 1140. The van der Waals surface area contributed by atoms with Crippen LogP contribution >= 0.6 is 23.2 Å². The van der Waals surface area contributed by atoms with Crippen molar-refractivity contribution in [2.45, 2.75) is 6.61 Å². The number of para-hydroxylation sites is 1. The summed E-state index contributed by atoms with van der Waals surface area (Å²) in [5.41, 5.74) is 2.08. The lowest BCUT2D eigenvalue weighted by molar-refractivity contribution is 0.294. The first kappa shape index (κ1) is 19.4. The van der Waals surface area contributed by atoms with Crippen LogP contribution in [0.2, 0.25) is 10.0 Å². The predicted molar refractivity (Wildman–Crippen MR) is 113 cm³/mol. The van der Waals surface area contributed by atoms with E-state index in [0.717, 1.165) is 11.3 Å². The van der Waals surface area contributed by atoms with Crippen molar-refractivity contribution in [3.05, 3.63) is 70.7 Å². The van der Waals surface area contributed by atoms with E-state index in [2.05, 4.69) is 4.98 Å². The summed E-state index contributed by atoms with van der Waals surface area (Å²) in [4.78, 5) is 8.78. The molecule has 0 aliphatic carbocycles. The summed E-state index contributed by atoms with van der Waals surface area (Å²) >= 11 is 12.9. The molecular weight excluding hydrogens is 413 g/mol. The topological polar surface area (TPSA) is 58.4 Å². The van der Waals surface area contributed by atoms with Crippen molar-refractivity contribution in [2.24, 2.45) is 0 Å². The number of ether oxygens (including phenoxy) is 3. The van der Waals surface area contributed by atoms with Crippen molar-refractivity contribution in [1.82, 2.24) is 14.5 Å². The van der Waals surface area contributed by atoms with E-state index in [9.17, 15) is 0 Å². The number of methoxy groups -OCH3 is 2. The van der Waals surface area contributed by atoms with E-state index in [0.29, 0.717) is 38.6 Å². The molecule has 0 radical (unpaired) electrons. The van der Waals surface area contributed by atoms with Gasteiger partial charge in [-0.2, -0.15) is 0 Å². The normalized spacial score (nSPS) is 10.9. The van der Waals surface area contributed by atoms with E-state index in [1.165, 1.54) is 0 Å². The highest BCUT2D eigenvalue weighted by Gasteiger charge is 2.20. The molecule has 0 N–H and O–H groups in total. The molecule has 0 unspecified atom stereocenters. The standard InChI is InChI=1S/C21H17Cl2N3O3/c1-27-13-6-8-14(9-7-13)29-12-19-25-20-17(4-3-5-18(20)28-2)26(19)21-15(22)10-24-11-16(21)23/h3-11H,12H2,1-2H3. The summed E-state index contributed by atoms with van der Waals surface area (Å²) in [6.07, 6.45) is 3.09. The first-order valence-corrected chi connectivity index (χ1v) is 9.48. The van der Waals surface area contributed by atoms with Gasteiger partial charge in [0.25, 0.3) is 0 Å². The minimum Gasteiger partial charge on any atom is -0.497 e. The molecule has 0 aliphatic rings. The summed E-state index contributed by atoms with van der Waals surface area (Å²) in [5, 5.41) is 0.815. The lowest BCUT2D eigenvalue weighted by atomic mass is 10.3. The molecule has 2 aromatic heterocycles. The largest absolute Gasteiger partial charge is 0.497 e. The van der Waals surface area contributed by atoms with Crippen molar-refractivity contribution in [3.8, 4) is 22.9 Å².